The van der Waals surface area contributed by atoms with Gasteiger partial charge in [0, 0.05) is 6.07 Å². The van der Waals surface area contributed by atoms with Gasteiger partial charge in [-0.25, -0.2) is 9.98 Å². The maximum Gasteiger partial charge on any atom is 0.213 e. The van der Waals surface area contributed by atoms with Crippen molar-refractivity contribution in [2.24, 2.45) is 4.99 Å². The molecule has 16 heavy (non-hydrogen) atoms. The molecule has 5 heteroatoms. The monoisotopic (exact) mass is 221 g/mol. The van der Waals surface area contributed by atoms with E-state index in [-0.39, 0.29) is 0 Å². The fourth-order valence-corrected chi connectivity index (χ4v) is 1.01. The van der Waals surface area contributed by atoms with Gasteiger partial charge in [0.1, 0.15) is 12.9 Å². The number of nitrogens with one attached hydrogen (secondary N) is 1. The van der Waals surface area contributed by atoms with E-state index < -0.39 is 0 Å². The smallest absolute Gasteiger partial charge is 0.213 e. The molecule has 0 amide bonds. The van der Waals surface area contributed by atoms with Gasteiger partial charge < -0.3 is 4.74 Å². The average Bonchev–Trinajstić information content (AvgIpc) is 2.33. The minimum absolute atomic E-state index is 0.516. The Labute approximate surface area is 94.5 Å². The van der Waals surface area contributed by atoms with Gasteiger partial charge in [0.25, 0.3) is 0 Å². The molecule has 0 bridgehead atoms. The zero-order chi connectivity index (χ0) is 11.6. The van der Waals surface area contributed by atoms with Crippen LogP contribution in [0.4, 0.5) is 5.69 Å². The Hall–Kier alpha value is -1.88. The molecule has 0 unspecified atom stereocenters. The van der Waals surface area contributed by atoms with Crippen LogP contribution >= 0.6 is 0 Å². The summed E-state index contributed by atoms with van der Waals surface area (Å²) in [5.74, 6) is 0.552. The van der Waals surface area contributed by atoms with E-state index >= 15 is 0 Å². The highest BCUT2D eigenvalue weighted by Gasteiger charge is 1.93. The molecule has 86 valence electrons. The quantitative estimate of drug-likeness (QED) is 0.334. The van der Waals surface area contributed by atoms with Gasteiger partial charge in [-0.1, -0.05) is 19.1 Å². The topological polar surface area (TPSA) is 66.7 Å². The first-order valence-corrected chi connectivity index (χ1v) is 5.02. The van der Waals surface area contributed by atoms with Crippen molar-refractivity contribution in [3.05, 3.63) is 30.5 Å². The molecule has 2 N–H and O–H groups in total. The number of hydrogen-bond donors (Lipinski definition) is 2. The highest BCUT2D eigenvalue weighted by atomic mass is 16.5. The Kier molecular flexibility index (Phi) is 5.65. The van der Waals surface area contributed by atoms with Gasteiger partial charge in [-0.3, -0.25) is 10.7 Å². The second-order valence-corrected chi connectivity index (χ2v) is 2.93. The first-order valence-electron chi connectivity index (χ1n) is 5.02. The molecule has 0 fully saturated rings. The minimum Gasteiger partial charge on any atom is -0.473 e. The molecule has 0 saturated carbocycles. The maximum absolute atomic E-state index is 8.30. The molecule has 0 aliphatic rings. The van der Waals surface area contributed by atoms with Gasteiger partial charge in [0.05, 0.1) is 11.9 Å². The van der Waals surface area contributed by atoms with Crippen molar-refractivity contribution in [3.8, 4) is 5.88 Å². The van der Waals surface area contributed by atoms with E-state index in [0.717, 1.165) is 6.42 Å². The van der Waals surface area contributed by atoms with Crippen LogP contribution in [0.1, 0.15) is 13.3 Å². The predicted octanol–water partition coefficient (Wildman–Crippen LogP) is 2.07. The number of ether oxygens (including phenoxy) is 1. The van der Waals surface area contributed by atoms with E-state index in [9.17, 15) is 0 Å². The van der Waals surface area contributed by atoms with E-state index in [1.165, 1.54) is 6.34 Å². The lowest BCUT2D eigenvalue weighted by atomic mass is 10.4. The Morgan fingerprint density at radius 2 is 2.38 bits per heavy atom. The van der Waals surface area contributed by atoms with Gasteiger partial charge in [0.15, 0.2) is 0 Å². The molecule has 0 atom stereocenters. The molecule has 0 saturated heterocycles. The maximum atomic E-state index is 8.30. The second kappa shape index (κ2) is 7.42. The second-order valence-electron chi connectivity index (χ2n) is 2.93. The molecule has 1 heterocycles. The normalized spacial score (nSPS) is 11.1. The van der Waals surface area contributed by atoms with E-state index in [2.05, 4.69) is 16.9 Å². The van der Waals surface area contributed by atoms with Crippen molar-refractivity contribution >= 4 is 12.0 Å². The van der Waals surface area contributed by atoms with Crippen molar-refractivity contribution in [3.63, 3.8) is 0 Å². The van der Waals surface area contributed by atoms with E-state index in [4.69, 9.17) is 9.94 Å². The van der Waals surface area contributed by atoms with Crippen LogP contribution in [0, 0.1) is 0 Å². The van der Waals surface area contributed by atoms with Crippen LogP contribution in [0.15, 0.2) is 35.5 Å². The summed E-state index contributed by atoms with van der Waals surface area (Å²) < 4.78 is 5.35. The van der Waals surface area contributed by atoms with Crippen molar-refractivity contribution in [2.75, 3.05) is 6.61 Å². The zero-order valence-electron chi connectivity index (χ0n) is 9.13. The molecule has 1 aromatic heterocycles. The van der Waals surface area contributed by atoms with Crippen LogP contribution in [0.3, 0.4) is 0 Å². The highest BCUT2D eigenvalue weighted by molar-refractivity contribution is 5.59. The predicted molar refractivity (Wildman–Crippen MR) is 62.2 cm³/mol. The number of hydroxylamine groups is 1. The van der Waals surface area contributed by atoms with Crippen LogP contribution in [-0.2, 0) is 0 Å². The molecule has 0 spiro atoms. The SMILES string of the molecule is CC/C=C/COc1ccc(N=CNO)cn1. The average molecular weight is 221 g/mol. The Morgan fingerprint density at radius 3 is 3.00 bits per heavy atom. The van der Waals surface area contributed by atoms with Crippen LogP contribution in [0.25, 0.3) is 0 Å². The number of aliphatic imine (C=N–C) groups is 1. The number of hydrogen-bond acceptors (Lipinski definition) is 4. The van der Waals surface area contributed by atoms with Crippen LogP contribution in [0.2, 0.25) is 0 Å². The largest absolute Gasteiger partial charge is 0.473 e. The van der Waals surface area contributed by atoms with Gasteiger partial charge in [-0.2, -0.15) is 0 Å². The van der Waals surface area contributed by atoms with Crippen LogP contribution < -0.4 is 10.2 Å². The van der Waals surface area contributed by atoms with Crippen molar-refractivity contribution in [1.82, 2.24) is 10.5 Å². The summed E-state index contributed by atoms with van der Waals surface area (Å²) in [6, 6.07) is 3.48. The minimum atomic E-state index is 0.516. The molecular weight excluding hydrogens is 206 g/mol. The van der Waals surface area contributed by atoms with Gasteiger partial charge in [-0.05, 0) is 12.5 Å². The van der Waals surface area contributed by atoms with Gasteiger partial charge in [-0.15, -0.1) is 0 Å². The van der Waals surface area contributed by atoms with Gasteiger partial charge in [0.2, 0.25) is 5.88 Å². The molecular formula is C11H15N3O2. The van der Waals surface area contributed by atoms with Gasteiger partial charge >= 0.3 is 0 Å². The summed E-state index contributed by atoms with van der Waals surface area (Å²) in [7, 11) is 0. The standard InChI is InChI=1S/C11H15N3O2/c1-2-3-4-7-16-11-6-5-10(8-12-11)13-9-14-15/h3-6,8-9,15H,2,7H2,1H3,(H,13,14)/b4-3+. The van der Waals surface area contributed by atoms with Crippen LogP contribution in [0.5, 0.6) is 5.88 Å². The first kappa shape index (κ1) is 12.2. The summed E-state index contributed by atoms with van der Waals surface area (Å²) in [5, 5.41) is 8.30. The zero-order valence-corrected chi connectivity index (χ0v) is 9.13. The highest BCUT2D eigenvalue weighted by Crippen LogP contribution is 2.13. The van der Waals surface area contributed by atoms with Crippen LogP contribution in [-0.4, -0.2) is 23.1 Å². The molecule has 5 nitrogen and oxygen atoms in total. The number of rotatable bonds is 6. The summed E-state index contributed by atoms with van der Waals surface area (Å²) in [4.78, 5) is 7.91. The lowest BCUT2D eigenvalue weighted by Gasteiger charge is -2.01. The molecule has 1 aromatic rings. The number of allylic oxidation sites excluding steroid dienone is 1. The number of aromatic nitrogens is 1. The third kappa shape index (κ3) is 4.56. The summed E-state index contributed by atoms with van der Waals surface area (Å²) >= 11 is 0. The molecule has 0 aliphatic heterocycles. The third-order valence-electron chi connectivity index (χ3n) is 1.72. The van der Waals surface area contributed by atoms with E-state index in [0.29, 0.717) is 18.2 Å². The molecule has 0 aliphatic carbocycles. The first-order chi connectivity index (χ1) is 7.86. The van der Waals surface area contributed by atoms with Crippen molar-refractivity contribution < 1.29 is 9.94 Å². The fraction of sp³-hybridized carbons (Fsp3) is 0.273. The van der Waals surface area contributed by atoms with Crippen molar-refractivity contribution in [1.29, 1.82) is 0 Å². The Morgan fingerprint density at radius 1 is 1.50 bits per heavy atom. The lowest BCUT2D eigenvalue weighted by molar-refractivity contribution is 0.240. The number of pyridine rings is 1. The van der Waals surface area contributed by atoms with E-state index in [1.54, 1.807) is 18.3 Å². The van der Waals surface area contributed by atoms with E-state index in [1.807, 2.05) is 17.6 Å². The fourth-order valence-electron chi connectivity index (χ4n) is 1.01. The summed E-state index contributed by atoms with van der Waals surface area (Å²) in [6.45, 7) is 2.58. The Bertz CT molecular complexity index is 347. The third-order valence-corrected chi connectivity index (χ3v) is 1.72. The lowest BCUT2D eigenvalue weighted by Crippen LogP contribution is -2.01. The molecule has 0 aromatic carbocycles. The number of nitrogens with zero attached hydrogens (tertiary/aromatic N) is 2. The van der Waals surface area contributed by atoms with Crippen molar-refractivity contribution in [2.45, 2.75) is 13.3 Å². The molecule has 0 radical (unpaired) electrons. The summed E-state index contributed by atoms with van der Waals surface area (Å²) in [5.41, 5.74) is 2.46. The summed E-state index contributed by atoms with van der Waals surface area (Å²) in [6.07, 6.45) is 7.71. The Balaban J connectivity index is 2.45. The molecule has 1 rings (SSSR count).